The Bertz CT molecular complexity index is 751. The maximum absolute atomic E-state index is 5.81. The number of hydrogen-bond acceptors (Lipinski definition) is 7. The Morgan fingerprint density at radius 1 is 1.12 bits per heavy atom. The Labute approximate surface area is 154 Å². The lowest BCUT2D eigenvalue weighted by atomic mass is 9.95. The first kappa shape index (κ1) is 17.2. The van der Waals surface area contributed by atoms with Crippen molar-refractivity contribution < 1.29 is 0 Å². The zero-order chi connectivity index (χ0) is 18.3. The predicted molar refractivity (Wildman–Crippen MR) is 101 cm³/mol. The summed E-state index contributed by atoms with van der Waals surface area (Å²) < 4.78 is 2.42. The van der Waals surface area contributed by atoms with Gasteiger partial charge in [-0.05, 0) is 46.7 Å². The van der Waals surface area contributed by atoms with E-state index in [-0.39, 0.29) is 0 Å². The summed E-state index contributed by atoms with van der Waals surface area (Å²) >= 11 is 0. The lowest BCUT2D eigenvalue weighted by Crippen LogP contribution is -2.34. The molecule has 8 heteroatoms. The Morgan fingerprint density at radius 3 is 2.46 bits per heavy atom. The Balaban J connectivity index is 1.49. The topological polar surface area (TPSA) is 89.0 Å². The summed E-state index contributed by atoms with van der Waals surface area (Å²) in [6, 6.07) is 2.62. The van der Waals surface area contributed by atoms with Gasteiger partial charge in [0.05, 0.1) is 6.54 Å². The van der Waals surface area contributed by atoms with E-state index < -0.39 is 0 Å². The second-order valence-corrected chi connectivity index (χ2v) is 7.80. The van der Waals surface area contributed by atoms with Gasteiger partial charge >= 0.3 is 0 Å². The molecule has 2 N–H and O–H groups in total. The van der Waals surface area contributed by atoms with Crippen molar-refractivity contribution in [1.29, 1.82) is 0 Å². The summed E-state index contributed by atoms with van der Waals surface area (Å²) in [5, 5.41) is 9.12. The molecule has 2 fully saturated rings. The van der Waals surface area contributed by atoms with Crippen LogP contribution in [-0.4, -0.2) is 56.8 Å². The summed E-state index contributed by atoms with van der Waals surface area (Å²) in [6.07, 6.45) is 4.64. The molecule has 2 aromatic heterocycles. The first-order valence-electron chi connectivity index (χ1n) is 9.46. The van der Waals surface area contributed by atoms with Gasteiger partial charge in [-0.25, -0.2) is 4.98 Å². The van der Waals surface area contributed by atoms with Gasteiger partial charge < -0.3 is 20.1 Å². The second kappa shape index (κ2) is 6.83. The summed E-state index contributed by atoms with van der Waals surface area (Å²) in [5.41, 5.74) is 6.73. The van der Waals surface area contributed by atoms with Crippen molar-refractivity contribution in [3.63, 3.8) is 0 Å². The second-order valence-electron chi connectivity index (χ2n) is 7.80. The lowest BCUT2D eigenvalue weighted by Gasteiger charge is -2.32. The molecule has 0 amide bonds. The van der Waals surface area contributed by atoms with Crippen molar-refractivity contribution in [3.05, 3.63) is 23.4 Å². The molecule has 26 heavy (non-hydrogen) atoms. The number of anilines is 2. The zero-order valence-electron chi connectivity index (χ0n) is 15.9. The Hall–Kier alpha value is -2.22. The van der Waals surface area contributed by atoms with E-state index in [1.165, 1.54) is 18.7 Å². The van der Waals surface area contributed by atoms with E-state index in [4.69, 9.17) is 5.73 Å². The van der Waals surface area contributed by atoms with Gasteiger partial charge in [-0.3, -0.25) is 0 Å². The van der Waals surface area contributed by atoms with Gasteiger partial charge in [0, 0.05) is 36.8 Å². The van der Waals surface area contributed by atoms with Gasteiger partial charge in [0.15, 0.2) is 0 Å². The van der Waals surface area contributed by atoms with Crippen molar-refractivity contribution >= 4 is 11.8 Å². The molecule has 4 rings (SSSR count). The molecule has 0 radical (unpaired) electrons. The summed E-state index contributed by atoms with van der Waals surface area (Å²) in [5.74, 6) is 4.04. The predicted octanol–water partition coefficient (Wildman–Crippen LogP) is 1.74. The average molecular weight is 356 g/mol. The van der Waals surface area contributed by atoms with Gasteiger partial charge in [-0.15, -0.1) is 10.2 Å². The van der Waals surface area contributed by atoms with Gasteiger partial charge in [0.1, 0.15) is 17.5 Å². The maximum Gasteiger partial charge on any atom is 0.222 e. The third-order valence-corrected chi connectivity index (χ3v) is 5.20. The van der Waals surface area contributed by atoms with E-state index in [1.54, 1.807) is 0 Å². The normalized spacial score (nSPS) is 18.7. The summed E-state index contributed by atoms with van der Waals surface area (Å²) in [6.45, 7) is 4.72. The fourth-order valence-corrected chi connectivity index (χ4v) is 3.84. The van der Waals surface area contributed by atoms with Crippen LogP contribution in [0.4, 0.5) is 11.8 Å². The smallest absolute Gasteiger partial charge is 0.222 e. The molecule has 0 atom stereocenters. The van der Waals surface area contributed by atoms with E-state index in [2.05, 4.69) is 48.6 Å². The molecule has 8 nitrogen and oxygen atoms in total. The van der Waals surface area contributed by atoms with Gasteiger partial charge in [-0.2, -0.15) is 4.98 Å². The van der Waals surface area contributed by atoms with Crippen LogP contribution in [0, 0.1) is 6.92 Å². The third kappa shape index (κ3) is 3.51. The van der Waals surface area contributed by atoms with Gasteiger partial charge in [0.2, 0.25) is 5.95 Å². The fourth-order valence-electron chi connectivity index (χ4n) is 3.84. The molecule has 0 bridgehead atoms. The van der Waals surface area contributed by atoms with Crippen LogP contribution in [-0.2, 0) is 6.54 Å². The molecule has 3 heterocycles. The van der Waals surface area contributed by atoms with Crippen LogP contribution in [0.2, 0.25) is 0 Å². The number of nitrogen functional groups attached to an aromatic ring is 1. The molecule has 1 aliphatic carbocycles. The highest BCUT2D eigenvalue weighted by Gasteiger charge is 2.33. The summed E-state index contributed by atoms with van der Waals surface area (Å²) in [4.78, 5) is 13.0. The fraction of sp³-hybridized carbons (Fsp3) is 0.667. The van der Waals surface area contributed by atoms with Gasteiger partial charge in [-0.1, -0.05) is 0 Å². The van der Waals surface area contributed by atoms with E-state index in [0.29, 0.717) is 17.9 Å². The number of piperidine rings is 1. The molecule has 1 saturated heterocycles. The molecule has 1 aliphatic heterocycles. The maximum atomic E-state index is 5.81. The van der Waals surface area contributed by atoms with E-state index in [0.717, 1.165) is 49.8 Å². The first-order chi connectivity index (χ1) is 12.5. The molecule has 2 aromatic rings. The lowest BCUT2D eigenvalue weighted by molar-refractivity contribution is 0.376. The highest BCUT2D eigenvalue weighted by atomic mass is 15.3. The molecular weight excluding hydrogens is 328 g/mol. The number of rotatable bonds is 5. The largest absolute Gasteiger partial charge is 0.368 e. The minimum atomic E-state index is 0.351. The number of hydrogen-bond donors (Lipinski definition) is 1. The van der Waals surface area contributed by atoms with Crippen molar-refractivity contribution in [2.24, 2.45) is 0 Å². The van der Waals surface area contributed by atoms with Crippen LogP contribution in [0.3, 0.4) is 0 Å². The monoisotopic (exact) mass is 356 g/mol. The van der Waals surface area contributed by atoms with Crippen LogP contribution in [0.1, 0.15) is 55.0 Å². The quantitative estimate of drug-likeness (QED) is 0.873. The SMILES string of the molecule is Cc1cc(N2CCC(c3nnc(CN(C)C)n3C3CC3)CC2)nc(N)n1. The van der Waals surface area contributed by atoms with E-state index in [9.17, 15) is 0 Å². The van der Waals surface area contributed by atoms with Crippen molar-refractivity contribution in [2.75, 3.05) is 37.8 Å². The van der Waals surface area contributed by atoms with Crippen molar-refractivity contribution in [1.82, 2.24) is 29.6 Å². The third-order valence-electron chi connectivity index (χ3n) is 5.20. The number of nitrogens with zero attached hydrogens (tertiary/aromatic N) is 7. The van der Waals surface area contributed by atoms with Crippen LogP contribution >= 0.6 is 0 Å². The highest BCUT2D eigenvalue weighted by Crippen LogP contribution is 2.40. The number of nitrogens with two attached hydrogens (primary N) is 1. The van der Waals surface area contributed by atoms with Gasteiger partial charge in [0.25, 0.3) is 0 Å². The Morgan fingerprint density at radius 2 is 1.85 bits per heavy atom. The molecule has 0 aromatic carbocycles. The molecule has 2 aliphatic rings. The molecule has 1 saturated carbocycles. The first-order valence-corrected chi connectivity index (χ1v) is 9.46. The number of aromatic nitrogens is 5. The minimum Gasteiger partial charge on any atom is -0.368 e. The number of aryl methyl sites for hydroxylation is 1. The zero-order valence-corrected chi connectivity index (χ0v) is 15.9. The van der Waals surface area contributed by atoms with E-state index >= 15 is 0 Å². The molecule has 0 unspecified atom stereocenters. The molecular formula is C18H28N8. The standard InChI is InChI=1S/C18H28N8/c1-12-10-15(21-18(19)20-12)25-8-6-13(7-9-25)17-23-22-16(11-24(2)3)26(17)14-4-5-14/h10,13-14H,4-9,11H2,1-3H3,(H2,19,20,21). The van der Waals surface area contributed by atoms with Crippen molar-refractivity contribution in [2.45, 2.75) is 51.1 Å². The van der Waals surface area contributed by atoms with Crippen LogP contribution < -0.4 is 10.6 Å². The highest BCUT2D eigenvalue weighted by molar-refractivity contribution is 5.43. The Kier molecular flexibility index (Phi) is 4.52. The average Bonchev–Trinajstić information content (AvgIpc) is 3.35. The minimum absolute atomic E-state index is 0.351. The van der Waals surface area contributed by atoms with Crippen molar-refractivity contribution in [3.8, 4) is 0 Å². The van der Waals surface area contributed by atoms with E-state index in [1.807, 2.05) is 13.0 Å². The van der Waals surface area contributed by atoms with Crippen LogP contribution in [0.5, 0.6) is 0 Å². The van der Waals surface area contributed by atoms with Crippen LogP contribution in [0.15, 0.2) is 6.07 Å². The summed E-state index contributed by atoms with van der Waals surface area (Å²) in [7, 11) is 4.17. The van der Waals surface area contributed by atoms with Crippen LogP contribution in [0.25, 0.3) is 0 Å². The molecule has 140 valence electrons. The molecule has 0 spiro atoms.